The molecule has 0 unspecified atom stereocenters. The Bertz CT molecular complexity index is 738. The van der Waals surface area contributed by atoms with E-state index in [9.17, 15) is 9.59 Å². The summed E-state index contributed by atoms with van der Waals surface area (Å²) >= 11 is 0. The van der Waals surface area contributed by atoms with Gasteiger partial charge >= 0.3 is 5.97 Å². The van der Waals surface area contributed by atoms with Crippen LogP contribution in [-0.2, 0) is 9.53 Å². The van der Waals surface area contributed by atoms with Crippen LogP contribution in [0, 0.1) is 6.92 Å². The van der Waals surface area contributed by atoms with Gasteiger partial charge < -0.3 is 9.64 Å². The Morgan fingerprint density at radius 3 is 2.73 bits per heavy atom. The third-order valence-electron chi connectivity index (χ3n) is 4.34. The zero-order chi connectivity index (χ0) is 15.7. The number of benzene rings is 2. The monoisotopic (exact) mass is 297 g/mol. The third kappa shape index (κ3) is 2.34. The van der Waals surface area contributed by atoms with Crippen LogP contribution in [0.25, 0.3) is 10.8 Å². The van der Waals surface area contributed by atoms with Crippen molar-refractivity contribution in [1.82, 2.24) is 4.90 Å². The van der Waals surface area contributed by atoms with Crippen molar-refractivity contribution in [2.75, 3.05) is 13.7 Å². The first-order valence-corrected chi connectivity index (χ1v) is 7.50. The molecule has 114 valence electrons. The molecule has 1 fully saturated rings. The smallest absolute Gasteiger partial charge is 0.328 e. The standard InChI is InChI=1S/C18H19NO3/c1-12-9-10-13-6-3-4-7-14(13)16(12)17(20)19-11-5-8-15(19)18(21)22-2/h3-4,6-7,9-10,15H,5,8,11H2,1-2H3/t15-/m0/s1. The summed E-state index contributed by atoms with van der Waals surface area (Å²) in [5.41, 5.74) is 1.62. The number of methoxy groups -OCH3 is 1. The van der Waals surface area contributed by atoms with Gasteiger partial charge in [-0.2, -0.15) is 0 Å². The van der Waals surface area contributed by atoms with E-state index in [0.717, 1.165) is 22.8 Å². The highest BCUT2D eigenvalue weighted by Crippen LogP contribution is 2.27. The van der Waals surface area contributed by atoms with Crippen LogP contribution < -0.4 is 0 Å². The summed E-state index contributed by atoms with van der Waals surface area (Å²) in [5, 5.41) is 1.97. The minimum Gasteiger partial charge on any atom is -0.467 e. The molecular weight excluding hydrogens is 278 g/mol. The Morgan fingerprint density at radius 1 is 1.18 bits per heavy atom. The third-order valence-corrected chi connectivity index (χ3v) is 4.34. The fraction of sp³-hybridized carbons (Fsp3) is 0.333. The summed E-state index contributed by atoms with van der Waals surface area (Å²) in [5.74, 6) is -0.411. The van der Waals surface area contributed by atoms with E-state index in [1.54, 1.807) is 4.90 Å². The van der Waals surface area contributed by atoms with Gasteiger partial charge in [-0.05, 0) is 36.1 Å². The van der Waals surface area contributed by atoms with E-state index in [2.05, 4.69) is 0 Å². The molecule has 4 nitrogen and oxygen atoms in total. The summed E-state index contributed by atoms with van der Waals surface area (Å²) in [6.07, 6.45) is 1.50. The maximum absolute atomic E-state index is 13.0. The largest absolute Gasteiger partial charge is 0.467 e. The summed E-state index contributed by atoms with van der Waals surface area (Å²) in [7, 11) is 1.37. The number of rotatable bonds is 2. The highest BCUT2D eigenvalue weighted by molar-refractivity contribution is 6.09. The van der Waals surface area contributed by atoms with Gasteiger partial charge in [-0.1, -0.05) is 36.4 Å². The van der Waals surface area contributed by atoms with Crippen LogP contribution in [0.2, 0.25) is 0 Å². The molecule has 0 bridgehead atoms. The average Bonchev–Trinajstić information content (AvgIpc) is 3.03. The molecule has 0 radical (unpaired) electrons. The van der Waals surface area contributed by atoms with E-state index in [-0.39, 0.29) is 11.9 Å². The Balaban J connectivity index is 2.05. The molecule has 1 atom stereocenters. The second-order valence-electron chi connectivity index (χ2n) is 5.66. The highest BCUT2D eigenvalue weighted by atomic mass is 16.5. The second-order valence-corrected chi connectivity index (χ2v) is 5.66. The Hall–Kier alpha value is -2.36. The lowest BCUT2D eigenvalue weighted by atomic mass is 9.98. The van der Waals surface area contributed by atoms with Crippen LogP contribution >= 0.6 is 0 Å². The van der Waals surface area contributed by atoms with E-state index < -0.39 is 6.04 Å². The van der Waals surface area contributed by atoms with Crippen LogP contribution in [-0.4, -0.2) is 36.5 Å². The summed E-state index contributed by atoms with van der Waals surface area (Å²) in [6, 6.07) is 11.4. The maximum Gasteiger partial charge on any atom is 0.328 e. The first-order valence-electron chi connectivity index (χ1n) is 7.50. The number of ether oxygens (including phenoxy) is 1. The van der Waals surface area contributed by atoms with E-state index in [0.29, 0.717) is 18.5 Å². The number of aryl methyl sites for hydroxylation is 1. The summed E-state index contributed by atoms with van der Waals surface area (Å²) < 4.78 is 4.84. The number of nitrogens with zero attached hydrogens (tertiary/aromatic N) is 1. The number of carbonyl (C=O) groups excluding carboxylic acids is 2. The second kappa shape index (κ2) is 5.79. The number of esters is 1. The zero-order valence-electron chi connectivity index (χ0n) is 12.8. The number of amides is 1. The van der Waals surface area contributed by atoms with Crippen molar-refractivity contribution < 1.29 is 14.3 Å². The SMILES string of the molecule is COC(=O)[C@@H]1CCCN1C(=O)c1c(C)ccc2ccccc12. The van der Waals surface area contributed by atoms with Gasteiger partial charge in [0.1, 0.15) is 6.04 Å². The molecule has 22 heavy (non-hydrogen) atoms. The normalized spacial score (nSPS) is 17.7. The van der Waals surface area contributed by atoms with Gasteiger partial charge in [0.25, 0.3) is 5.91 Å². The molecule has 1 heterocycles. The molecule has 1 aliphatic rings. The molecule has 0 N–H and O–H groups in total. The van der Waals surface area contributed by atoms with Crippen LogP contribution in [0.3, 0.4) is 0 Å². The highest BCUT2D eigenvalue weighted by Gasteiger charge is 2.36. The van der Waals surface area contributed by atoms with Crippen molar-refractivity contribution >= 4 is 22.6 Å². The van der Waals surface area contributed by atoms with E-state index in [1.807, 2.05) is 43.3 Å². The Labute approximate surface area is 129 Å². The quantitative estimate of drug-likeness (QED) is 0.801. The maximum atomic E-state index is 13.0. The van der Waals surface area contributed by atoms with E-state index in [4.69, 9.17) is 4.74 Å². The van der Waals surface area contributed by atoms with Crippen LogP contribution in [0.15, 0.2) is 36.4 Å². The summed E-state index contributed by atoms with van der Waals surface area (Å²) in [4.78, 5) is 26.6. The Kier molecular flexibility index (Phi) is 3.84. The molecule has 4 heteroatoms. The van der Waals surface area contributed by atoms with Crippen molar-refractivity contribution in [3.8, 4) is 0 Å². The zero-order valence-corrected chi connectivity index (χ0v) is 12.8. The Morgan fingerprint density at radius 2 is 1.95 bits per heavy atom. The first-order chi connectivity index (χ1) is 10.6. The van der Waals surface area contributed by atoms with Crippen molar-refractivity contribution in [3.05, 3.63) is 47.5 Å². The number of likely N-dealkylation sites (tertiary alicyclic amines) is 1. The lowest BCUT2D eigenvalue weighted by Gasteiger charge is -2.24. The van der Waals surface area contributed by atoms with Gasteiger partial charge in [-0.25, -0.2) is 4.79 Å². The van der Waals surface area contributed by atoms with Crippen LogP contribution in [0.1, 0.15) is 28.8 Å². The minimum absolute atomic E-state index is 0.0813. The van der Waals surface area contributed by atoms with Crippen LogP contribution in [0.4, 0.5) is 0 Å². The van der Waals surface area contributed by atoms with Crippen molar-refractivity contribution in [1.29, 1.82) is 0 Å². The average molecular weight is 297 g/mol. The van der Waals surface area contributed by atoms with Gasteiger partial charge in [0.2, 0.25) is 0 Å². The van der Waals surface area contributed by atoms with Crippen molar-refractivity contribution in [2.45, 2.75) is 25.8 Å². The molecule has 1 amide bonds. The molecule has 0 spiro atoms. The fourth-order valence-corrected chi connectivity index (χ4v) is 3.20. The van der Waals surface area contributed by atoms with Gasteiger partial charge in [0.15, 0.2) is 0 Å². The molecule has 0 aliphatic carbocycles. The first kappa shape index (κ1) is 14.6. The molecule has 1 saturated heterocycles. The van der Waals surface area contributed by atoms with E-state index >= 15 is 0 Å². The molecule has 2 aromatic carbocycles. The predicted molar refractivity (Wildman–Crippen MR) is 84.8 cm³/mol. The molecule has 3 rings (SSSR count). The molecule has 2 aromatic rings. The predicted octanol–water partition coefficient (Wildman–Crippen LogP) is 2.93. The molecule has 0 aromatic heterocycles. The van der Waals surface area contributed by atoms with E-state index in [1.165, 1.54) is 7.11 Å². The van der Waals surface area contributed by atoms with Gasteiger partial charge in [-0.3, -0.25) is 4.79 Å². The van der Waals surface area contributed by atoms with Gasteiger partial charge in [-0.15, -0.1) is 0 Å². The van der Waals surface area contributed by atoms with Crippen molar-refractivity contribution in [2.24, 2.45) is 0 Å². The lowest BCUT2D eigenvalue weighted by Crippen LogP contribution is -2.41. The number of carbonyl (C=O) groups is 2. The summed E-state index contributed by atoms with van der Waals surface area (Å²) in [6.45, 7) is 2.53. The van der Waals surface area contributed by atoms with Gasteiger partial charge in [0, 0.05) is 6.54 Å². The number of fused-ring (bicyclic) bond motifs is 1. The topological polar surface area (TPSA) is 46.6 Å². The minimum atomic E-state index is -0.462. The molecule has 0 saturated carbocycles. The molecule has 1 aliphatic heterocycles. The van der Waals surface area contributed by atoms with Gasteiger partial charge in [0.05, 0.1) is 12.7 Å². The number of hydrogen-bond donors (Lipinski definition) is 0. The molecular formula is C18H19NO3. The number of hydrogen-bond acceptors (Lipinski definition) is 3. The fourth-order valence-electron chi connectivity index (χ4n) is 3.20. The van der Waals surface area contributed by atoms with Crippen molar-refractivity contribution in [3.63, 3.8) is 0 Å². The van der Waals surface area contributed by atoms with Crippen LogP contribution in [0.5, 0.6) is 0 Å². The lowest BCUT2D eigenvalue weighted by molar-refractivity contribution is -0.145.